The molecule has 1 aliphatic heterocycles. The van der Waals surface area contributed by atoms with Crippen molar-refractivity contribution >= 4 is 0 Å². The smallest absolute Gasteiger partial charge is 0.186 e. The lowest BCUT2D eigenvalue weighted by Gasteiger charge is -2.40. The second-order valence-corrected chi connectivity index (χ2v) is 4.12. The van der Waals surface area contributed by atoms with Gasteiger partial charge in [0.2, 0.25) is 0 Å². The van der Waals surface area contributed by atoms with Crippen LogP contribution >= 0.6 is 0 Å². The van der Waals surface area contributed by atoms with Gasteiger partial charge in [-0.1, -0.05) is 13.3 Å². The van der Waals surface area contributed by atoms with Gasteiger partial charge in [0.1, 0.15) is 18.3 Å². The SMILES string of the molecule is CCCCO[C@H]1[C@H](O)[C@H](OC)O[C@@H](C)[C@H]1O. The summed E-state index contributed by atoms with van der Waals surface area (Å²) in [5.41, 5.74) is 0. The van der Waals surface area contributed by atoms with Gasteiger partial charge in [-0.05, 0) is 13.3 Å². The van der Waals surface area contributed by atoms with Gasteiger partial charge in [-0.25, -0.2) is 0 Å². The highest BCUT2D eigenvalue weighted by Crippen LogP contribution is 2.23. The van der Waals surface area contributed by atoms with Crippen molar-refractivity contribution in [1.82, 2.24) is 0 Å². The number of ether oxygens (including phenoxy) is 3. The molecule has 0 aliphatic carbocycles. The molecule has 0 radical (unpaired) electrons. The second-order valence-electron chi connectivity index (χ2n) is 4.12. The number of unbranched alkanes of at least 4 members (excludes halogenated alkanes) is 1. The summed E-state index contributed by atoms with van der Waals surface area (Å²) in [6.45, 7) is 4.32. The number of rotatable bonds is 5. The van der Waals surface area contributed by atoms with Gasteiger partial charge in [-0.15, -0.1) is 0 Å². The Balaban J connectivity index is 2.55. The molecule has 0 bridgehead atoms. The average Bonchev–Trinajstić information content (AvgIpc) is 2.28. The maximum Gasteiger partial charge on any atom is 0.186 e. The largest absolute Gasteiger partial charge is 0.388 e. The first kappa shape index (κ1) is 13.9. The normalized spacial score (nSPS) is 39.9. The summed E-state index contributed by atoms with van der Waals surface area (Å²) in [6.07, 6.45) is -1.63. The number of hydrogen-bond donors (Lipinski definition) is 2. The molecule has 1 rings (SSSR count). The van der Waals surface area contributed by atoms with Crippen molar-refractivity contribution in [3.05, 3.63) is 0 Å². The first-order valence-electron chi connectivity index (χ1n) is 5.77. The summed E-state index contributed by atoms with van der Waals surface area (Å²) in [4.78, 5) is 0. The van der Waals surface area contributed by atoms with E-state index in [0.29, 0.717) is 6.61 Å². The van der Waals surface area contributed by atoms with Crippen LogP contribution in [-0.2, 0) is 14.2 Å². The molecule has 0 aromatic carbocycles. The topological polar surface area (TPSA) is 68.2 Å². The molecule has 5 atom stereocenters. The number of hydrogen-bond acceptors (Lipinski definition) is 5. The van der Waals surface area contributed by atoms with Crippen LogP contribution in [0.1, 0.15) is 26.7 Å². The van der Waals surface area contributed by atoms with E-state index in [2.05, 4.69) is 6.92 Å². The van der Waals surface area contributed by atoms with Crippen LogP contribution in [0.15, 0.2) is 0 Å². The Hall–Kier alpha value is -0.200. The first-order chi connectivity index (χ1) is 7.61. The van der Waals surface area contributed by atoms with Crippen LogP contribution in [0.5, 0.6) is 0 Å². The Bertz CT molecular complexity index is 199. The summed E-state index contributed by atoms with van der Waals surface area (Å²) >= 11 is 0. The monoisotopic (exact) mass is 234 g/mol. The van der Waals surface area contributed by atoms with Gasteiger partial charge in [0.05, 0.1) is 6.10 Å². The van der Waals surface area contributed by atoms with Crippen molar-refractivity contribution in [3.8, 4) is 0 Å². The third-order valence-electron chi connectivity index (χ3n) is 2.82. The van der Waals surface area contributed by atoms with Crippen LogP contribution in [-0.4, -0.2) is 54.6 Å². The van der Waals surface area contributed by atoms with Gasteiger partial charge in [-0.2, -0.15) is 0 Å². The standard InChI is InChI=1S/C11H22O5/c1-4-5-6-15-10-8(12)7(2)16-11(14-3)9(10)13/h7-13H,4-6H2,1-3H3/t7-,8+,9-,10+,11+/m0/s1. The van der Waals surface area contributed by atoms with E-state index in [0.717, 1.165) is 12.8 Å². The molecule has 1 heterocycles. The molecule has 0 amide bonds. The van der Waals surface area contributed by atoms with Gasteiger partial charge in [-0.3, -0.25) is 0 Å². The number of aliphatic hydroxyl groups is 2. The Morgan fingerprint density at radius 3 is 2.50 bits per heavy atom. The first-order valence-corrected chi connectivity index (χ1v) is 5.77. The lowest BCUT2D eigenvalue weighted by atomic mass is 9.99. The molecular weight excluding hydrogens is 212 g/mol. The zero-order valence-corrected chi connectivity index (χ0v) is 10.1. The molecule has 16 heavy (non-hydrogen) atoms. The van der Waals surface area contributed by atoms with E-state index in [4.69, 9.17) is 14.2 Å². The van der Waals surface area contributed by atoms with Gasteiger partial charge < -0.3 is 24.4 Å². The minimum absolute atomic E-state index is 0.403. The predicted molar refractivity (Wildman–Crippen MR) is 58.0 cm³/mol. The third-order valence-corrected chi connectivity index (χ3v) is 2.82. The number of aliphatic hydroxyl groups excluding tert-OH is 2. The summed E-state index contributed by atoms with van der Waals surface area (Å²) in [5.74, 6) is 0. The molecule has 1 saturated heterocycles. The minimum Gasteiger partial charge on any atom is -0.388 e. The molecule has 0 aromatic rings. The Morgan fingerprint density at radius 2 is 1.94 bits per heavy atom. The van der Waals surface area contributed by atoms with Crippen molar-refractivity contribution in [2.45, 2.75) is 57.4 Å². The zero-order chi connectivity index (χ0) is 12.1. The molecule has 2 N–H and O–H groups in total. The molecule has 1 aliphatic rings. The van der Waals surface area contributed by atoms with E-state index in [1.165, 1.54) is 7.11 Å². The lowest BCUT2D eigenvalue weighted by Crippen LogP contribution is -2.58. The van der Waals surface area contributed by atoms with Crippen LogP contribution in [0.3, 0.4) is 0 Å². The fourth-order valence-corrected chi connectivity index (χ4v) is 1.75. The predicted octanol–water partition coefficient (Wildman–Crippen LogP) is 0.285. The third kappa shape index (κ3) is 3.15. The van der Waals surface area contributed by atoms with E-state index in [-0.39, 0.29) is 0 Å². The maximum absolute atomic E-state index is 9.88. The zero-order valence-electron chi connectivity index (χ0n) is 10.1. The van der Waals surface area contributed by atoms with Crippen molar-refractivity contribution in [2.24, 2.45) is 0 Å². The Labute approximate surface area is 96.3 Å². The van der Waals surface area contributed by atoms with Gasteiger partial charge in [0.15, 0.2) is 6.29 Å². The fraction of sp³-hybridized carbons (Fsp3) is 1.00. The highest BCUT2D eigenvalue weighted by atomic mass is 16.7. The molecule has 0 aromatic heterocycles. The molecule has 0 spiro atoms. The molecule has 96 valence electrons. The minimum atomic E-state index is -0.951. The summed E-state index contributed by atoms with van der Waals surface area (Å²) in [6, 6.07) is 0. The molecule has 1 fully saturated rings. The van der Waals surface area contributed by atoms with E-state index >= 15 is 0 Å². The molecular formula is C11H22O5. The van der Waals surface area contributed by atoms with Crippen molar-refractivity contribution in [3.63, 3.8) is 0 Å². The number of methoxy groups -OCH3 is 1. The lowest BCUT2D eigenvalue weighted by molar-refractivity contribution is -0.293. The molecule has 0 unspecified atom stereocenters. The van der Waals surface area contributed by atoms with E-state index in [9.17, 15) is 10.2 Å². The van der Waals surface area contributed by atoms with Crippen LogP contribution in [0, 0.1) is 0 Å². The van der Waals surface area contributed by atoms with Crippen LogP contribution < -0.4 is 0 Å². The van der Waals surface area contributed by atoms with Gasteiger partial charge in [0.25, 0.3) is 0 Å². The van der Waals surface area contributed by atoms with Crippen LogP contribution in [0.4, 0.5) is 0 Å². The van der Waals surface area contributed by atoms with Gasteiger partial charge in [0, 0.05) is 13.7 Å². The highest BCUT2D eigenvalue weighted by molar-refractivity contribution is 4.88. The highest BCUT2D eigenvalue weighted by Gasteiger charge is 2.43. The molecule has 0 saturated carbocycles. The summed E-state index contributed by atoms with van der Waals surface area (Å²) in [5, 5.41) is 19.7. The summed E-state index contributed by atoms with van der Waals surface area (Å²) < 4.78 is 15.8. The van der Waals surface area contributed by atoms with E-state index < -0.39 is 30.7 Å². The van der Waals surface area contributed by atoms with Crippen molar-refractivity contribution in [1.29, 1.82) is 0 Å². The molecule has 5 heteroatoms. The second kappa shape index (κ2) is 6.51. The van der Waals surface area contributed by atoms with Gasteiger partial charge >= 0.3 is 0 Å². The van der Waals surface area contributed by atoms with Crippen molar-refractivity contribution in [2.75, 3.05) is 13.7 Å². The quantitative estimate of drug-likeness (QED) is 0.669. The fourth-order valence-electron chi connectivity index (χ4n) is 1.75. The summed E-state index contributed by atoms with van der Waals surface area (Å²) in [7, 11) is 1.46. The van der Waals surface area contributed by atoms with E-state index in [1.54, 1.807) is 6.92 Å². The van der Waals surface area contributed by atoms with Crippen molar-refractivity contribution < 1.29 is 24.4 Å². The Kier molecular flexibility index (Phi) is 5.64. The average molecular weight is 234 g/mol. The maximum atomic E-state index is 9.88. The van der Waals surface area contributed by atoms with Crippen LogP contribution in [0.25, 0.3) is 0 Å². The Morgan fingerprint density at radius 1 is 1.25 bits per heavy atom. The van der Waals surface area contributed by atoms with Crippen LogP contribution in [0.2, 0.25) is 0 Å². The molecule has 5 nitrogen and oxygen atoms in total. The van der Waals surface area contributed by atoms with E-state index in [1.807, 2.05) is 0 Å².